The third-order valence-electron chi connectivity index (χ3n) is 2.77. The lowest BCUT2D eigenvalue weighted by Crippen LogP contribution is -2.36. The van der Waals surface area contributed by atoms with Crippen molar-refractivity contribution in [3.05, 3.63) is 0 Å². The van der Waals surface area contributed by atoms with Gasteiger partial charge < -0.3 is 9.84 Å². The first kappa shape index (κ1) is 14.4. The number of carboxylic acids is 1. The van der Waals surface area contributed by atoms with E-state index in [4.69, 9.17) is 9.84 Å². The van der Waals surface area contributed by atoms with Crippen LogP contribution in [-0.4, -0.2) is 27.9 Å². The molecule has 0 aromatic rings. The Morgan fingerprint density at radius 3 is 2.18 bits per heavy atom. The van der Waals surface area contributed by atoms with E-state index in [2.05, 4.69) is 12.6 Å². The number of hydrogen-bond acceptors (Lipinski definition) is 4. The molecule has 0 heterocycles. The number of rotatable bonds is 2. The highest BCUT2D eigenvalue weighted by Crippen LogP contribution is 2.33. The summed E-state index contributed by atoms with van der Waals surface area (Å²) >= 11 is 4.31. The van der Waals surface area contributed by atoms with Crippen LogP contribution in [0.5, 0.6) is 0 Å². The maximum Gasteiger partial charge on any atom is 0.309 e. The highest BCUT2D eigenvalue weighted by molar-refractivity contribution is 7.80. The molecule has 17 heavy (non-hydrogen) atoms. The van der Waals surface area contributed by atoms with Crippen molar-refractivity contribution in [2.24, 2.45) is 11.8 Å². The largest absolute Gasteiger partial charge is 0.481 e. The van der Waals surface area contributed by atoms with E-state index in [1.165, 1.54) is 0 Å². The molecule has 1 fully saturated rings. The zero-order valence-electron chi connectivity index (χ0n) is 10.5. The van der Waals surface area contributed by atoms with Gasteiger partial charge in [-0.05, 0) is 40.0 Å². The van der Waals surface area contributed by atoms with E-state index in [1.807, 2.05) is 0 Å². The zero-order chi connectivity index (χ0) is 13.2. The molecule has 1 N–H and O–H groups in total. The minimum Gasteiger partial charge on any atom is -0.481 e. The molecule has 0 aromatic carbocycles. The van der Waals surface area contributed by atoms with Crippen LogP contribution in [0, 0.1) is 11.8 Å². The van der Waals surface area contributed by atoms with Crippen molar-refractivity contribution in [3.8, 4) is 0 Å². The van der Waals surface area contributed by atoms with Crippen molar-refractivity contribution < 1.29 is 19.4 Å². The Hall–Kier alpha value is -0.710. The summed E-state index contributed by atoms with van der Waals surface area (Å²) in [6.07, 6.45) is 1.49. The second-order valence-corrected chi connectivity index (χ2v) is 6.36. The van der Waals surface area contributed by atoms with Gasteiger partial charge in [0.1, 0.15) is 5.60 Å². The molecule has 0 aromatic heterocycles. The number of ether oxygens (including phenoxy) is 1. The van der Waals surface area contributed by atoms with E-state index >= 15 is 0 Å². The van der Waals surface area contributed by atoms with Crippen molar-refractivity contribution in [3.63, 3.8) is 0 Å². The Bertz CT molecular complexity index is 308. The second kappa shape index (κ2) is 5.29. The van der Waals surface area contributed by atoms with Gasteiger partial charge in [0.2, 0.25) is 0 Å². The predicted octanol–water partition coefficient (Wildman–Crippen LogP) is 2.13. The van der Waals surface area contributed by atoms with E-state index in [0.717, 1.165) is 0 Å². The maximum absolute atomic E-state index is 11.9. The molecule has 98 valence electrons. The van der Waals surface area contributed by atoms with E-state index in [1.54, 1.807) is 20.8 Å². The summed E-state index contributed by atoms with van der Waals surface area (Å²) in [5.41, 5.74) is -0.528. The van der Waals surface area contributed by atoms with Gasteiger partial charge >= 0.3 is 11.9 Å². The fourth-order valence-electron chi connectivity index (χ4n) is 2.07. The van der Waals surface area contributed by atoms with Crippen LogP contribution in [0.4, 0.5) is 0 Å². The van der Waals surface area contributed by atoms with E-state index < -0.39 is 17.5 Å². The van der Waals surface area contributed by atoms with E-state index in [0.29, 0.717) is 19.3 Å². The predicted molar refractivity (Wildman–Crippen MR) is 67.1 cm³/mol. The Labute approximate surface area is 107 Å². The molecule has 1 aliphatic rings. The molecule has 5 heteroatoms. The maximum atomic E-state index is 11.9. The monoisotopic (exact) mass is 260 g/mol. The van der Waals surface area contributed by atoms with Crippen molar-refractivity contribution >= 4 is 24.6 Å². The average Bonchev–Trinajstić information content (AvgIpc) is 2.13. The summed E-state index contributed by atoms with van der Waals surface area (Å²) < 4.78 is 5.29. The van der Waals surface area contributed by atoms with Crippen LogP contribution >= 0.6 is 12.6 Å². The molecule has 3 unspecified atom stereocenters. The molecule has 1 rings (SSSR count). The quantitative estimate of drug-likeness (QED) is 0.589. The Morgan fingerprint density at radius 2 is 1.71 bits per heavy atom. The van der Waals surface area contributed by atoms with Gasteiger partial charge in [0.15, 0.2) is 0 Å². The first-order valence-corrected chi connectivity index (χ1v) is 6.34. The highest BCUT2D eigenvalue weighted by Gasteiger charge is 2.36. The van der Waals surface area contributed by atoms with Crippen LogP contribution < -0.4 is 0 Å². The van der Waals surface area contributed by atoms with Gasteiger partial charge in [-0.2, -0.15) is 12.6 Å². The van der Waals surface area contributed by atoms with Gasteiger partial charge in [0.25, 0.3) is 0 Å². The molecule has 1 saturated carbocycles. The molecule has 0 radical (unpaired) electrons. The third kappa shape index (κ3) is 4.58. The number of carboxylic acid groups (broad SMARTS) is 1. The van der Waals surface area contributed by atoms with E-state index in [-0.39, 0.29) is 17.1 Å². The number of hydrogen-bond donors (Lipinski definition) is 2. The number of carbonyl (C=O) groups excluding carboxylic acids is 1. The Morgan fingerprint density at radius 1 is 1.18 bits per heavy atom. The molecule has 0 aliphatic heterocycles. The molecule has 3 atom stereocenters. The first-order chi connectivity index (χ1) is 7.69. The molecular formula is C12H20O4S. The normalized spacial score (nSPS) is 29.8. The molecule has 0 bridgehead atoms. The smallest absolute Gasteiger partial charge is 0.309 e. The van der Waals surface area contributed by atoms with Crippen LogP contribution in [-0.2, 0) is 14.3 Å². The van der Waals surface area contributed by atoms with Gasteiger partial charge in [-0.15, -0.1) is 0 Å². The van der Waals surface area contributed by atoms with Crippen LogP contribution in [0.1, 0.15) is 40.0 Å². The lowest BCUT2D eigenvalue weighted by Gasteiger charge is -2.31. The number of esters is 1. The summed E-state index contributed by atoms with van der Waals surface area (Å²) in [6, 6.07) is 0. The molecule has 1 aliphatic carbocycles. The summed E-state index contributed by atoms with van der Waals surface area (Å²) in [4.78, 5) is 22.8. The van der Waals surface area contributed by atoms with Gasteiger partial charge in [-0.3, -0.25) is 9.59 Å². The minimum absolute atomic E-state index is 0.0395. The van der Waals surface area contributed by atoms with Crippen molar-refractivity contribution in [2.45, 2.75) is 50.9 Å². The Kier molecular flexibility index (Phi) is 4.47. The molecule has 0 spiro atoms. The standard InChI is InChI=1S/C12H20O4S/c1-12(2,3)16-11(15)8-4-7(10(13)14)5-9(17)6-8/h7-9,17H,4-6H2,1-3H3,(H,13,14). The Balaban J connectivity index is 2.64. The topological polar surface area (TPSA) is 63.6 Å². The van der Waals surface area contributed by atoms with E-state index in [9.17, 15) is 9.59 Å². The molecule has 0 amide bonds. The SMILES string of the molecule is CC(C)(C)OC(=O)C1CC(S)CC(C(=O)O)C1. The van der Waals surface area contributed by atoms with Crippen LogP contribution in [0.25, 0.3) is 0 Å². The first-order valence-electron chi connectivity index (χ1n) is 5.83. The van der Waals surface area contributed by atoms with Gasteiger partial charge in [-0.1, -0.05) is 0 Å². The molecule has 0 saturated heterocycles. The highest BCUT2D eigenvalue weighted by atomic mass is 32.1. The van der Waals surface area contributed by atoms with Gasteiger partial charge in [0.05, 0.1) is 11.8 Å². The minimum atomic E-state index is -0.850. The summed E-state index contributed by atoms with van der Waals surface area (Å²) in [5.74, 6) is -1.98. The third-order valence-corrected chi connectivity index (χ3v) is 3.19. The summed E-state index contributed by atoms with van der Waals surface area (Å²) in [6.45, 7) is 5.42. The number of carbonyl (C=O) groups is 2. The average molecular weight is 260 g/mol. The fourth-order valence-corrected chi connectivity index (χ4v) is 2.58. The summed E-state index contributed by atoms with van der Waals surface area (Å²) in [5, 5.41) is 8.96. The fraction of sp³-hybridized carbons (Fsp3) is 0.833. The van der Waals surface area contributed by atoms with Crippen molar-refractivity contribution in [1.29, 1.82) is 0 Å². The molecular weight excluding hydrogens is 240 g/mol. The number of aliphatic carboxylic acids is 1. The van der Waals surface area contributed by atoms with Crippen molar-refractivity contribution in [2.75, 3.05) is 0 Å². The lowest BCUT2D eigenvalue weighted by atomic mass is 9.81. The van der Waals surface area contributed by atoms with Crippen LogP contribution in [0.2, 0.25) is 0 Å². The van der Waals surface area contributed by atoms with Gasteiger partial charge in [-0.25, -0.2) is 0 Å². The number of thiol groups is 1. The van der Waals surface area contributed by atoms with Gasteiger partial charge in [0, 0.05) is 5.25 Å². The molecule has 4 nitrogen and oxygen atoms in total. The zero-order valence-corrected chi connectivity index (χ0v) is 11.4. The van der Waals surface area contributed by atoms with Crippen LogP contribution in [0.3, 0.4) is 0 Å². The summed E-state index contributed by atoms with van der Waals surface area (Å²) in [7, 11) is 0. The van der Waals surface area contributed by atoms with Crippen molar-refractivity contribution in [1.82, 2.24) is 0 Å². The lowest BCUT2D eigenvalue weighted by molar-refractivity contribution is -0.162. The second-order valence-electron chi connectivity index (χ2n) is 5.63. The van der Waals surface area contributed by atoms with Crippen LogP contribution in [0.15, 0.2) is 0 Å².